The zero-order chi connectivity index (χ0) is 19.6. The molecular formula is C23H29N4O+. The van der Waals surface area contributed by atoms with E-state index in [2.05, 4.69) is 46.8 Å². The van der Waals surface area contributed by atoms with Crippen LogP contribution in [0, 0.1) is 0 Å². The second kappa shape index (κ2) is 7.76. The van der Waals surface area contributed by atoms with Crippen LogP contribution in [0.3, 0.4) is 0 Å². The number of hydrogen-bond donors (Lipinski definition) is 0. The van der Waals surface area contributed by atoms with Crippen LogP contribution in [0.1, 0.15) is 35.9 Å². The number of carbonyl (C=O) groups is 1. The van der Waals surface area contributed by atoms with Crippen LogP contribution in [0.5, 0.6) is 0 Å². The maximum absolute atomic E-state index is 13.5. The lowest BCUT2D eigenvalue weighted by Crippen LogP contribution is -2.62. The van der Waals surface area contributed by atoms with Gasteiger partial charge in [-0.05, 0) is 23.3 Å². The summed E-state index contributed by atoms with van der Waals surface area (Å²) in [5.74, 6) is 1.34. The average Bonchev–Trinajstić information content (AvgIpc) is 3.20. The molecule has 0 N–H and O–H groups in total. The fraction of sp³-hybridized carbons (Fsp3) is 0.391. The van der Waals surface area contributed by atoms with Crippen LogP contribution in [0.15, 0.2) is 54.9 Å². The van der Waals surface area contributed by atoms with E-state index in [1.54, 1.807) is 0 Å². The Hall–Kier alpha value is -2.66. The predicted octanol–water partition coefficient (Wildman–Crippen LogP) is 3.62. The van der Waals surface area contributed by atoms with E-state index in [4.69, 9.17) is 0 Å². The monoisotopic (exact) mass is 377 g/mol. The van der Waals surface area contributed by atoms with E-state index in [1.165, 1.54) is 6.42 Å². The molecule has 1 aromatic heterocycles. The predicted molar refractivity (Wildman–Crippen MR) is 113 cm³/mol. The zero-order valence-corrected chi connectivity index (χ0v) is 16.8. The van der Waals surface area contributed by atoms with Gasteiger partial charge in [0.2, 0.25) is 0 Å². The molecule has 1 amide bonds. The number of carbonyl (C=O) groups excluding carboxylic acids is 1. The summed E-state index contributed by atoms with van der Waals surface area (Å²) in [6.45, 7) is 5.50. The summed E-state index contributed by atoms with van der Waals surface area (Å²) in [4.78, 5) is 18.0. The normalized spacial score (nSPS) is 16.4. The van der Waals surface area contributed by atoms with Gasteiger partial charge in [-0.2, -0.15) is 0 Å². The fourth-order valence-electron chi connectivity index (χ4n) is 4.12. The molecule has 1 saturated heterocycles. The number of benzene rings is 2. The van der Waals surface area contributed by atoms with Gasteiger partial charge in [0.15, 0.2) is 0 Å². The molecule has 4 rings (SSSR count). The molecule has 3 aromatic rings. The third-order valence-electron chi connectivity index (χ3n) is 5.97. The lowest BCUT2D eigenvalue weighted by Gasteiger charge is -2.41. The van der Waals surface area contributed by atoms with Crippen molar-refractivity contribution in [3.05, 3.63) is 66.2 Å². The van der Waals surface area contributed by atoms with E-state index in [0.717, 1.165) is 61.2 Å². The molecule has 0 atom stereocenters. The van der Waals surface area contributed by atoms with Crippen molar-refractivity contribution >= 4 is 16.7 Å². The Bertz CT molecular complexity index is 964. The van der Waals surface area contributed by atoms with E-state index < -0.39 is 0 Å². The first kappa shape index (κ1) is 18.7. The number of likely N-dealkylation sites (N-methyl/N-ethyl adjacent to an activating group) is 1. The Morgan fingerprint density at radius 2 is 1.86 bits per heavy atom. The highest BCUT2D eigenvalue weighted by Gasteiger charge is 2.38. The smallest absolute Gasteiger partial charge is 0.300 e. The quantitative estimate of drug-likeness (QED) is 0.638. The number of quaternary nitrogens is 1. The number of imidazole rings is 1. The largest absolute Gasteiger partial charge is 0.346 e. The molecule has 5 heteroatoms. The van der Waals surface area contributed by atoms with Crippen molar-refractivity contribution in [1.29, 1.82) is 0 Å². The number of aryl methyl sites for hydroxylation is 1. The van der Waals surface area contributed by atoms with E-state index in [0.29, 0.717) is 4.48 Å². The molecule has 2 aromatic carbocycles. The Morgan fingerprint density at radius 1 is 1.11 bits per heavy atom. The van der Waals surface area contributed by atoms with Crippen molar-refractivity contribution in [2.24, 2.45) is 0 Å². The SMILES string of the molecule is CCCCc1nccn1N1CC[N+](C)(C(=O)c2cccc3ccccc23)CC1. The summed E-state index contributed by atoms with van der Waals surface area (Å²) in [5.41, 5.74) is 0.834. The lowest BCUT2D eigenvalue weighted by molar-refractivity contribution is -0.829. The number of unbranched alkanes of at least 4 members (excludes halogenated alkanes) is 1. The first-order chi connectivity index (χ1) is 13.6. The number of aromatic nitrogens is 2. The third kappa shape index (κ3) is 3.42. The first-order valence-corrected chi connectivity index (χ1v) is 10.3. The average molecular weight is 378 g/mol. The second-order valence-corrected chi connectivity index (χ2v) is 7.92. The van der Waals surface area contributed by atoms with E-state index >= 15 is 0 Å². The van der Waals surface area contributed by atoms with Gasteiger partial charge in [-0.25, -0.2) is 14.5 Å². The van der Waals surface area contributed by atoms with Gasteiger partial charge in [-0.15, -0.1) is 0 Å². The molecule has 0 unspecified atom stereocenters. The molecule has 0 radical (unpaired) electrons. The van der Waals surface area contributed by atoms with Gasteiger partial charge >= 0.3 is 5.91 Å². The Labute approximate surface area is 166 Å². The third-order valence-corrected chi connectivity index (χ3v) is 5.97. The number of hydrogen-bond acceptors (Lipinski definition) is 3. The van der Waals surface area contributed by atoms with Gasteiger partial charge in [0.05, 0.1) is 25.7 Å². The van der Waals surface area contributed by atoms with Crippen LogP contribution in [0.25, 0.3) is 10.8 Å². The number of nitrogens with zero attached hydrogens (tertiary/aromatic N) is 4. The van der Waals surface area contributed by atoms with Crippen LogP contribution in [0.4, 0.5) is 0 Å². The molecule has 1 fully saturated rings. The lowest BCUT2D eigenvalue weighted by atomic mass is 10.0. The maximum atomic E-state index is 13.5. The molecule has 2 heterocycles. The van der Waals surface area contributed by atoms with Gasteiger partial charge in [0, 0.05) is 18.8 Å². The topological polar surface area (TPSA) is 38.1 Å². The van der Waals surface area contributed by atoms with Gasteiger partial charge < -0.3 is 5.01 Å². The summed E-state index contributed by atoms with van der Waals surface area (Å²) < 4.78 is 2.64. The van der Waals surface area contributed by atoms with Crippen LogP contribution in [-0.4, -0.2) is 53.3 Å². The molecule has 0 saturated carbocycles. The zero-order valence-electron chi connectivity index (χ0n) is 16.8. The van der Waals surface area contributed by atoms with E-state index in [-0.39, 0.29) is 5.91 Å². The van der Waals surface area contributed by atoms with E-state index in [1.807, 2.05) is 36.7 Å². The number of fused-ring (bicyclic) bond motifs is 1. The van der Waals surface area contributed by atoms with Crippen molar-refractivity contribution in [1.82, 2.24) is 9.66 Å². The molecule has 1 aliphatic rings. The highest BCUT2D eigenvalue weighted by molar-refractivity contribution is 6.04. The minimum absolute atomic E-state index is 0.216. The van der Waals surface area contributed by atoms with Crippen LogP contribution in [0.2, 0.25) is 0 Å². The highest BCUT2D eigenvalue weighted by Crippen LogP contribution is 2.23. The second-order valence-electron chi connectivity index (χ2n) is 7.92. The van der Waals surface area contributed by atoms with Crippen molar-refractivity contribution in [2.75, 3.05) is 38.2 Å². The van der Waals surface area contributed by atoms with Crippen molar-refractivity contribution in [3.8, 4) is 0 Å². The minimum Gasteiger partial charge on any atom is -0.300 e. The summed E-state index contributed by atoms with van der Waals surface area (Å²) in [5, 5.41) is 4.50. The molecule has 0 spiro atoms. The summed E-state index contributed by atoms with van der Waals surface area (Å²) in [6.07, 6.45) is 7.25. The molecular weight excluding hydrogens is 348 g/mol. The molecule has 0 aliphatic carbocycles. The van der Waals surface area contributed by atoms with E-state index in [9.17, 15) is 4.79 Å². The summed E-state index contributed by atoms with van der Waals surface area (Å²) >= 11 is 0. The van der Waals surface area contributed by atoms with Gasteiger partial charge in [0.1, 0.15) is 18.9 Å². The van der Waals surface area contributed by atoms with Gasteiger partial charge in [0.25, 0.3) is 0 Å². The molecule has 28 heavy (non-hydrogen) atoms. The Morgan fingerprint density at radius 3 is 2.64 bits per heavy atom. The molecule has 5 nitrogen and oxygen atoms in total. The summed E-state index contributed by atoms with van der Waals surface area (Å²) in [7, 11) is 2.08. The molecule has 0 bridgehead atoms. The van der Waals surface area contributed by atoms with Crippen molar-refractivity contribution < 1.29 is 9.28 Å². The first-order valence-electron chi connectivity index (χ1n) is 10.3. The molecule has 1 aliphatic heterocycles. The number of piperazine rings is 1. The van der Waals surface area contributed by atoms with Crippen LogP contribution >= 0.6 is 0 Å². The Kier molecular flexibility index (Phi) is 5.18. The standard InChI is InChI=1S/C23H29N4O/c1-3-4-12-22-24-13-14-26(22)25-15-17-27(2,18-16-25)23(28)21-11-7-9-19-8-5-6-10-20(19)21/h5-11,13-14H,3-4,12,15-18H2,1-2H3/q+1. The van der Waals surface area contributed by atoms with Crippen LogP contribution in [-0.2, 0) is 6.42 Å². The minimum atomic E-state index is 0.216. The highest BCUT2D eigenvalue weighted by atomic mass is 16.2. The fourth-order valence-corrected chi connectivity index (χ4v) is 4.12. The number of amides is 1. The van der Waals surface area contributed by atoms with Gasteiger partial charge in [-0.1, -0.05) is 49.7 Å². The van der Waals surface area contributed by atoms with Crippen molar-refractivity contribution in [2.45, 2.75) is 26.2 Å². The van der Waals surface area contributed by atoms with Crippen LogP contribution < -0.4 is 5.01 Å². The maximum Gasteiger partial charge on any atom is 0.346 e. The molecule has 146 valence electrons. The summed E-state index contributed by atoms with van der Waals surface area (Å²) in [6, 6.07) is 14.2. The number of rotatable bonds is 5. The van der Waals surface area contributed by atoms with Crippen molar-refractivity contribution in [3.63, 3.8) is 0 Å². The van der Waals surface area contributed by atoms with Gasteiger partial charge in [-0.3, -0.25) is 4.48 Å². The Balaban J connectivity index is 1.52.